The fourth-order valence-electron chi connectivity index (χ4n) is 2.58. The molecule has 0 radical (unpaired) electrons. The van der Waals surface area contributed by atoms with Crippen LogP contribution >= 0.6 is 24.8 Å². The number of nitrogens with zero attached hydrogens (tertiary/aromatic N) is 1. The predicted molar refractivity (Wildman–Crippen MR) is 92.7 cm³/mol. The van der Waals surface area contributed by atoms with Crippen molar-refractivity contribution in [3.63, 3.8) is 0 Å². The number of para-hydroxylation sites is 1. The lowest BCUT2D eigenvalue weighted by molar-refractivity contribution is -0.119. The Morgan fingerprint density at radius 2 is 2.00 bits per heavy atom. The average molecular weight is 334 g/mol. The van der Waals surface area contributed by atoms with Gasteiger partial charge in [0.15, 0.2) is 0 Å². The van der Waals surface area contributed by atoms with E-state index in [1.807, 2.05) is 30.3 Å². The van der Waals surface area contributed by atoms with E-state index in [0.29, 0.717) is 12.6 Å². The molecule has 1 amide bonds. The van der Waals surface area contributed by atoms with Gasteiger partial charge in [0.1, 0.15) is 0 Å². The number of anilines is 1. The van der Waals surface area contributed by atoms with Crippen molar-refractivity contribution in [1.82, 2.24) is 10.2 Å². The maximum atomic E-state index is 11.8. The summed E-state index contributed by atoms with van der Waals surface area (Å²) in [6, 6.07) is 10.3. The quantitative estimate of drug-likeness (QED) is 0.840. The topological polar surface area (TPSA) is 44.4 Å². The van der Waals surface area contributed by atoms with Crippen LogP contribution in [0.15, 0.2) is 30.3 Å². The highest BCUT2D eigenvalue weighted by atomic mass is 35.5. The van der Waals surface area contributed by atoms with Gasteiger partial charge in [0.25, 0.3) is 0 Å². The van der Waals surface area contributed by atoms with Crippen LogP contribution in [0, 0.1) is 0 Å². The summed E-state index contributed by atoms with van der Waals surface area (Å²) in [5.74, 6) is 0.0619. The second-order valence-electron chi connectivity index (χ2n) is 4.95. The van der Waals surface area contributed by atoms with Crippen LogP contribution in [0.1, 0.15) is 19.8 Å². The molecule has 0 aromatic heterocycles. The van der Waals surface area contributed by atoms with Gasteiger partial charge in [0.2, 0.25) is 5.91 Å². The van der Waals surface area contributed by atoms with Gasteiger partial charge in [0.05, 0.1) is 6.54 Å². The Hall–Kier alpha value is -0.970. The SMILES string of the molecule is CCN1CCCC1CNC(=O)CNc1ccccc1.Cl.Cl. The van der Waals surface area contributed by atoms with Gasteiger partial charge in [-0.2, -0.15) is 0 Å². The van der Waals surface area contributed by atoms with Gasteiger partial charge in [0, 0.05) is 18.3 Å². The van der Waals surface area contributed by atoms with E-state index >= 15 is 0 Å². The van der Waals surface area contributed by atoms with E-state index in [-0.39, 0.29) is 30.7 Å². The molecule has 1 aliphatic rings. The maximum absolute atomic E-state index is 11.8. The molecule has 1 saturated heterocycles. The summed E-state index contributed by atoms with van der Waals surface area (Å²) in [6.07, 6.45) is 2.44. The van der Waals surface area contributed by atoms with Crippen LogP contribution in [0.2, 0.25) is 0 Å². The number of nitrogens with one attached hydrogen (secondary N) is 2. The molecule has 1 atom stereocenters. The number of hydrogen-bond acceptors (Lipinski definition) is 3. The highest BCUT2D eigenvalue weighted by Gasteiger charge is 2.22. The normalized spacial score (nSPS) is 17.5. The molecule has 1 fully saturated rings. The zero-order valence-electron chi connectivity index (χ0n) is 12.4. The standard InChI is InChI=1S/C15H23N3O.2ClH/c1-2-18-10-6-9-14(18)11-17-15(19)12-16-13-7-4-3-5-8-13;;/h3-5,7-8,14,16H,2,6,9-12H2,1H3,(H,17,19);2*1H. The summed E-state index contributed by atoms with van der Waals surface area (Å²) < 4.78 is 0. The fraction of sp³-hybridized carbons (Fsp3) is 0.533. The summed E-state index contributed by atoms with van der Waals surface area (Å²) in [5, 5.41) is 6.14. The van der Waals surface area contributed by atoms with Crippen molar-refractivity contribution in [1.29, 1.82) is 0 Å². The van der Waals surface area contributed by atoms with Gasteiger partial charge in [-0.1, -0.05) is 25.1 Å². The summed E-state index contributed by atoms with van der Waals surface area (Å²) in [6.45, 7) is 5.52. The first kappa shape index (κ1) is 20.0. The lowest BCUT2D eigenvalue weighted by atomic mass is 10.2. The highest BCUT2D eigenvalue weighted by Crippen LogP contribution is 2.15. The Morgan fingerprint density at radius 3 is 2.67 bits per heavy atom. The number of rotatable bonds is 6. The third-order valence-corrected chi connectivity index (χ3v) is 3.67. The molecular formula is C15H25Cl2N3O. The Morgan fingerprint density at radius 1 is 1.29 bits per heavy atom. The lowest BCUT2D eigenvalue weighted by Gasteiger charge is -2.22. The summed E-state index contributed by atoms with van der Waals surface area (Å²) in [5.41, 5.74) is 0.980. The van der Waals surface area contributed by atoms with E-state index in [0.717, 1.165) is 18.8 Å². The molecule has 120 valence electrons. The number of benzene rings is 1. The monoisotopic (exact) mass is 333 g/mol. The van der Waals surface area contributed by atoms with Crippen LogP contribution < -0.4 is 10.6 Å². The second kappa shape index (κ2) is 10.7. The minimum Gasteiger partial charge on any atom is -0.376 e. The smallest absolute Gasteiger partial charge is 0.239 e. The van der Waals surface area contributed by atoms with Gasteiger partial charge in [-0.05, 0) is 38.1 Å². The van der Waals surface area contributed by atoms with E-state index in [9.17, 15) is 4.79 Å². The summed E-state index contributed by atoms with van der Waals surface area (Å²) in [7, 11) is 0. The minimum absolute atomic E-state index is 0. The Bertz CT molecular complexity index is 403. The van der Waals surface area contributed by atoms with Gasteiger partial charge in [-0.15, -0.1) is 24.8 Å². The number of carbonyl (C=O) groups is 1. The van der Waals surface area contributed by atoms with E-state index in [1.54, 1.807) is 0 Å². The fourth-order valence-corrected chi connectivity index (χ4v) is 2.58. The van der Waals surface area contributed by atoms with Crippen molar-refractivity contribution in [2.45, 2.75) is 25.8 Å². The van der Waals surface area contributed by atoms with Crippen LogP contribution in [-0.4, -0.2) is 43.0 Å². The van der Waals surface area contributed by atoms with Gasteiger partial charge < -0.3 is 10.6 Å². The lowest BCUT2D eigenvalue weighted by Crippen LogP contribution is -2.41. The largest absolute Gasteiger partial charge is 0.376 e. The van der Waals surface area contributed by atoms with E-state index in [1.165, 1.54) is 19.4 Å². The summed E-state index contributed by atoms with van der Waals surface area (Å²) >= 11 is 0. The first-order chi connectivity index (χ1) is 9.29. The van der Waals surface area contributed by atoms with Gasteiger partial charge in [-0.25, -0.2) is 0 Å². The average Bonchev–Trinajstić information content (AvgIpc) is 2.91. The zero-order chi connectivity index (χ0) is 13.5. The predicted octanol–water partition coefficient (Wildman–Crippen LogP) is 2.54. The van der Waals surface area contributed by atoms with Crippen molar-refractivity contribution in [2.75, 3.05) is 31.5 Å². The molecule has 0 saturated carbocycles. The molecule has 4 nitrogen and oxygen atoms in total. The molecule has 2 rings (SSSR count). The molecule has 1 aromatic rings. The van der Waals surface area contributed by atoms with Crippen LogP contribution in [0.4, 0.5) is 5.69 Å². The van der Waals surface area contributed by atoms with Crippen LogP contribution in [0.25, 0.3) is 0 Å². The van der Waals surface area contributed by atoms with Crippen molar-refractivity contribution < 1.29 is 4.79 Å². The molecule has 6 heteroatoms. The third-order valence-electron chi connectivity index (χ3n) is 3.67. The van der Waals surface area contributed by atoms with Gasteiger partial charge >= 0.3 is 0 Å². The van der Waals surface area contributed by atoms with Crippen LogP contribution in [0.5, 0.6) is 0 Å². The second-order valence-corrected chi connectivity index (χ2v) is 4.95. The Balaban J connectivity index is 0.00000200. The van der Waals surface area contributed by atoms with E-state index < -0.39 is 0 Å². The zero-order valence-corrected chi connectivity index (χ0v) is 14.0. The van der Waals surface area contributed by atoms with Crippen molar-refractivity contribution in [2.24, 2.45) is 0 Å². The van der Waals surface area contributed by atoms with Crippen LogP contribution in [-0.2, 0) is 4.79 Å². The number of likely N-dealkylation sites (N-methyl/N-ethyl adjacent to an activating group) is 1. The Kier molecular flexibility index (Phi) is 10.2. The third kappa shape index (κ3) is 6.55. The van der Waals surface area contributed by atoms with Gasteiger partial charge in [-0.3, -0.25) is 9.69 Å². The number of likely N-dealkylation sites (tertiary alicyclic amines) is 1. The number of carbonyl (C=O) groups excluding carboxylic acids is 1. The van der Waals surface area contributed by atoms with E-state index in [4.69, 9.17) is 0 Å². The number of halogens is 2. The number of hydrogen-bond donors (Lipinski definition) is 2. The van der Waals surface area contributed by atoms with Crippen LogP contribution in [0.3, 0.4) is 0 Å². The van der Waals surface area contributed by atoms with Crippen molar-refractivity contribution in [3.05, 3.63) is 30.3 Å². The molecular weight excluding hydrogens is 309 g/mol. The first-order valence-corrected chi connectivity index (χ1v) is 7.09. The first-order valence-electron chi connectivity index (χ1n) is 7.09. The summed E-state index contributed by atoms with van der Waals surface area (Å²) in [4.78, 5) is 14.2. The minimum atomic E-state index is 0. The van der Waals surface area contributed by atoms with Crippen molar-refractivity contribution in [3.8, 4) is 0 Å². The molecule has 0 spiro atoms. The molecule has 2 N–H and O–H groups in total. The molecule has 1 unspecified atom stereocenters. The van der Waals surface area contributed by atoms with Crippen molar-refractivity contribution >= 4 is 36.4 Å². The molecule has 1 aliphatic heterocycles. The molecule has 0 bridgehead atoms. The maximum Gasteiger partial charge on any atom is 0.239 e. The Labute approximate surface area is 139 Å². The molecule has 21 heavy (non-hydrogen) atoms. The highest BCUT2D eigenvalue weighted by molar-refractivity contribution is 5.85. The molecule has 1 aromatic carbocycles. The molecule has 0 aliphatic carbocycles. The van der Waals surface area contributed by atoms with E-state index in [2.05, 4.69) is 22.5 Å². The molecule has 1 heterocycles. The number of amides is 1.